The van der Waals surface area contributed by atoms with Crippen LogP contribution in [0.4, 0.5) is 5.69 Å². The summed E-state index contributed by atoms with van der Waals surface area (Å²) in [4.78, 5) is 15.4. The minimum atomic E-state index is -0.347. The van der Waals surface area contributed by atoms with Crippen LogP contribution in [0.2, 0.25) is 10.0 Å². The fourth-order valence-electron chi connectivity index (χ4n) is 6.68. The third-order valence-corrected chi connectivity index (χ3v) is 8.89. The van der Waals surface area contributed by atoms with Gasteiger partial charge in [-0.3, -0.25) is 4.79 Å². The molecule has 2 heterocycles. The van der Waals surface area contributed by atoms with Crippen molar-refractivity contribution in [2.24, 2.45) is 11.3 Å². The number of nitrogens with one attached hydrogen (secondary N) is 1. The summed E-state index contributed by atoms with van der Waals surface area (Å²) >= 11 is 13.2. The van der Waals surface area contributed by atoms with Crippen molar-refractivity contribution in [1.29, 1.82) is 0 Å². The van der Waals surface area contributed by atoms with E-state index in [1.807, 2.05) is 12.1 Å². The normalized spacial score (nSPS) is 32.5. The van der Waals surface area contributed by atoms with Crippen LogP contribution < -0.4 is 10.2 Å². The Hall–Kier alpha value is -1.71. The van der Waals surface area contributed by atoms with Gasteiger partial charge in [0.1, 0.15) is 0 Å². The predicted molar refractivity (Wildman–Crippen MR) is 133 cm³/mol. The first kappa shape index (κ1) is 22.1. The lowest BCUT2D eigenvalue weighted by Crippen LogP contribution is -2.42. The molecule has 2 aliphatic heterocycles. The molecule has 2 aromatic carbocycles. The molecule has 0 unspecified atom stereocenters. The zero-order chi connectivity index (χ0) is 22.5. The molecule has 0 aromatic heterocycles. The minimum Gasteiger partial charge on any atom is -0.371 e. The number of piperidine rings is 1. The highest BCUT2D eigenvalue weighted by Gasteiger charge is 2.57. The SMILES string of the molecule is C[C@H]1NC(=O)[C@]2(C)CC[C@@H](c3ccc(N4CCCCC4)cc3Cl)[C@H](c3ccc(Cl)cc3)[C@H]12. The van der Waals surface area contributed by atoms with E-state index in [1.54, 1.807) is 0 Å². The molecule has 0 bridgehead atoms. The first-order valence-corrected chi connectivity index (χ1v) is 12.7. The second-order valence-electron chi connectivity index (χ2n) is 10.2. The number of fused-ring (bicyclic) bond motifs is 1. The van der Waals surface area contributed by atoms with Crippen molar-refractivity contribution < 1.29 is 4.79 Å². The zero-order valence-electron chi connectivity index (χ0n) is 18.9. The number of anilines is 1. The summed E-state index contributed by atoms with van der Waals surface area (Å²) in [6, 6.07) is 15.0. The average molecular weight is 471 g/mol. The van der Waals surface area contributed by atoms with Crippen LogP contribution in [0.25, 0.3) is 0 Å². The number of halogens is 2. The predicted octanol–water partition coefficient (Wildman–Crippen LogP) is 6.79. The number of benzene rings is 2. The van der Waals surface area contributed by atoms with Gasteiger partial charge in [-0.2, -0.15) is 0 Å². The fourth-order valence-corrected chi connectivity index (χ4v) is 7.12. The molecule has 0 radical (unpaired) electrons. The van der Waals surface area contributed by atoms with E-state index in [0.29, 0.717) is 0 Å². The summed E-state index contributed by atoms with van der Waals surface area (Å²) in [5.74, 6) is 0.886. The van der Waals surface area contributed by atoms with Crippen LogP contribution in [0.5, 0.6) is 0 Å². The molecule has 1 amide bonds. The van der Waals surface area contributed by atoms with Crippen molar-refractivity contribution in [2.45, 2.75) is 63.8 Å². The van der Waals surface area contributed by atoms with Gasteiger partial charge in [0, 0.05) is 40.8 Å². The number of nitrogens with zero attached hydrogens (tertiary/aromatic N) is 1. The molecule has 3 fully saturated rings. The van der Waals surface area contributed by atoms with Crippen LogP contribution in [-0.2, 0) is 4.79 Å². The highest BCUT2D eigenvalue weighted by Crippen LogP contribution is 2.59. The molecule has 3 nitrogen and oxygen atoms in total. The molecule has 0 spiro atoms. The third-order valence-electron chi connectivity index (χ3n) is 8.31. The summed E-state index contributed by atoms with van der Waals surface area (Å²) in [5, 5.41) is 4.83. The molecule has 3 aliphatic rings. The molecule has 170 valence electrons. The van der Waals surface area contributed by atoms with Gasteiger partial charge in [0.25, 0.3) is 0 Å². The van der Waals surface area contributed by atoms with E-state index in [9.17, 15) is 4.79 Å². The van der Waals surface area contributed by atoms with Gasteiger partial charge in [-0.05, 0) is 86.3 Å². The maximum absolute atomic E-state index is 12.9. The Morgan fingerprint density at radius 3 is 2.44 bits per heavy atom. The van der Waals surface area contributed by atoms with Gasteiger partial charge in [-0.15, -0.1) is 0 Å². The molecule has 32 heavy (non-hydrogen) atoms. The van der Waals surface area contributed by atoms with Gasteiger partial charge >= 0.3 is 0 Å². The molecule has 2 aromatic rings. The minimum absolute atomic E-state index is 0.127. The Morgan fingerprint density at radius 1 is 1.03 bits per heavy atom. The van der Waals surface area contributed by atoms with Crippen molar-refractivity contribution >= 4 is 34.8 Å². The van der Waals surface area contributed by atoms with E-state index >= 15 is 0 Å². The summed E-state index contributed by atoms with van der Waals surface area (Å²) < 4.78 is 0. The number of carbonyl (C=O) groups excluding carboxylic acids is 1. The van der Waals surface area contributed by atoms with E-state index in [-0.39, 0.29) is 35.1 Å². The number of carbonyl (C=O) groups is 1. The lowest BCUT2D eigenvalue weighted by molar-refractivity contribution is -0.129. The molecule has 5 heteroatoms. The maximum Gasteiger partial charge on any atom is 0.226 e. The summed E-state index contributed by atoms with van der Waals surface area (Å²) in [5.41, 5.74) is 3.34. The Balaban J connectivity index is 1.55. The van der Waals surface area contributed by atoms with E-state index in [1.165, 1.54) is 36.1 Å². The second kappa shape index (κ2) is 8.57. The lowest BCUT2D eigenvalue weighted by Gasteiger charge is -2.46. The molecule has 1 N–H and O–H groups in total. The summed E-state index contributed by atoms with van der Waals surface area (Å²) in [7, 11) is 0. The van der Waals surface area contributed by atoms with Gasteiger partial charge in [0.2, 0.25) is 5.91 Å². The van der Waals surface area contributed by atoms with Crippen molar-refractivity contribution in [3.05, 3.63) is 63.6 Å². The smallest absolute Gasteiger partial charge is 0.226 e. The molecule has 5 atom stereocenters. The van der Waals surface area contributed by atoms with E-state index in [0.717, 1.165) is 36.0 Å². The Morgan fingerprint density at radius 2 is 1.75 bits per heavy atom. The van der Waals surface area contributed by atoms with Crippen LogP contribution in [0.15, 0.2) is 42.5 Å². The van der Waals surface area contributed by atoms with Crippen LogP contribution in [0.1, 0.15) is 68.9 Å². The van der Waals surface area contributed by atoms with E-state index < -0.39 is 0 Å². The van der Waals surface area contributed by atoms with Gasteiger partial charge in [-0.1, -0.05) is 48.3 Å². The number of hydrogen-bond acceptors (Lipinski definition) is 2. The highest BCUT2D eigenvalue weighted by atomic mass is 35.5. The molecule has 2 saturated heterocycles. The van der Waals surface area contributed by atoms with Crippen molar-refractivity contribution in [1.82, 2.24) is 5.32 Å². The summed E-state index contributed by atoms with van der Waals surface area (Å²) in [6.45, 7) is 6.52. The molecular formula is C27H32Cl2N2O. The quantitative estimate of drug-likeness (QED) is 0.535. The van der Waals surface area contributed by atoms with Crippen LogP contribution in [0.3, 0.4) is 0 Å². The van der Waals surface area contributed by atoms with Crippen molar-refractivity contribution in [3.63, 3.8) is 0 Å². The third kappa shape index (κ3) is 3.72. The van der Waals surface area contributed by atoms with Gasteiger partial charge in [0.05, 0.1) is 5.41 Å². The largest absolute Gasteiger partial charge is 0.371 e. The number of rotatable bonds is 3. The van der Waals surface area contributed by atoms with Crippen LogP contribution in [0, 0.1) is 11.3 Å². The van der Waals surface area contributed by atoms with Crippen molar-refractivity contribution in [2.75, 3.05) is 18.0 Å². The Bertz CT molecular complexity index is 1000. The van der Waals surface area contributed by atoms with Crippen molar-refractivity contribution in [3.8, 4) is 0 Å². The monoisotopic (exact) mass is 470 g/mol. The first-order chi connectivity index (χ1) is 15.4. The summed E-state index contributed by atoms with van der Waals surface area (Å²) in [6.07, 6.45) is 5.65. The molecule has 5 rings (SSSR count). The number of hydrogen-bond donors (Lipinski definition) is 1. The Kier molecular flexibility index (Phi) is 5.92. The standard InChI is InChI=1S/C27H32Cl2N2O/c1-17-25-24(18-6-8-19(28)9-7-18)22(12-13-27(25,2)26(32)30-17)21-11-10-20(16-23(21)29)31-14-4-3-5-15-31/h6-11,16-17,22,24-25H,3-5,12-15H2,1-2H3,(H,30,32)/t17-,22+,24+,25+,27-/m1/s1. The van der Waals surface area contributed by atoms with Gasteiger partial charge in [0.15, 0.2) is 0 Å². The second-order valence-corrected chi connectivity index (χ2v) is 11.0. The fraction of sp³-hybridized carbons (Fsp3) is 0.519. The first-order valence-electron chi connectivity index (χ1n) is 12.0. The Labute approximate surface area is 201 Å². The maximum atomic E-state index is 12.9. The van der Waals surface area contributed by atoms with Gasteiger partial charge in [-0.25, -0.2) is 0 Å². The van der Waals surface area contributed by atoms with Gasteiger partial charge < -0.3 is 10.2 Å². The number of amides is 1. The lowest BCUT2D eigenvalue weighted by atomic mass is 9.56. The molecule has 1 saturated carbocycles. The topological polar surface area (TPSA) is 32.3 Å². The molecular weight excluding hydrogens is 439 g/mol. The average Bonchev–Trinajstić information content (AvgIpc) is 3.03. The van der Waals surface area contributed by atoms with E-state index in [4.69, 9.17) is 23.2 Å². The zero-order valence-corrected chi connectivity index (χ0v) is 20.4. The van der Waals surface area contributed by atoms with Crippen LogP contribution in [-0.4, -0.2) is 25.0 Å². The highest BCUT2D eigenvalue weighted by molar-refractivity contribution is 6.31. The molecule has 1 aliphatic carbocycles. The van der Waals surface area contributed by atoms with E-state index in [2.05, 4.69) is 54.4 Å². The van der Waals surface area contributed by atoms with Crippen LogP contribution >= 0.6 is 23.2 Å².